The van der Waals surface area contributed by atoms with E-state index in [1.807, 2.05) is 24.3 Å². The number of carbonyl (C=O) groups excluding carboxylic acids is 3. The molecule has 2 aromatic rings. The smallest absolute Gasteiger partial charge is 0.313 e. The van der Waals surface area contributed by atoms with Gasteiger partial charge in [-0.15, -0.1) is 0 Å². The van der Waals surface area contributed by atoms with E-state index in [-0.39, 0.29) is 11.3 Å². The van der Waals surface area contributed by atoms with Crippen molar-refractivity contribution in [3.05, 3.63) is 65.2 Å². The molecule has 3 N–H and O–H groups in total. The van der Waals surface area contributed by atoms with E-state index in [2.05, 4.69) is 5.32 Å². The number of para-hydroxylation sites is 1. The molecule has 1 aliphatic rings. The highest BCUT2D eigenvalue weighted by molar-refractivity contribution is 6.39. The first-order valence-electron chi connectivity index (χ1n) is 7.62. The summed E-state index contributed by atoms with van der Waals surface area (Å²) in [7, 11) is 0. The van der Waals surface area contributed by atoms with Crippen molar-refractivity contribution in [1.29, 1.82) is 0 Å². The zero-order valence-corrected chi connectivity index (χ0v) is 13.0. The molecule has 6 nitrogen and oxygen atoms in total. The first-order valence-corrected chi connectivity index (χ1v) is 7.62. The van der Waals surface area contributed by atoms with Crippen molar-refractivity contribution < 1.29 is 14.4 Å². The number of hydrogen-bond donors (Lipinski definition) is 2. The third kappa shape index (κ3) is 3.12. The van der Waals surface area contributed by atoms with Crippen LogP contribution in [0.15, 0.2) is 48.5 Å². The molecule has 0 fully saturated rings. The second kappa shape index (κ2) is 6.54. The molecule has 6 heteroatoms. The second-order valence-corrected chi connectivity index (χ2v) is 5.61. The molecule has 0 bridgehead atoms. The molecule has 1 heterocycles. The number of fused-ring (bicyclic) bond motifs is 1. The van der Waals surface area contributed by atoms with Crippen LogP contribution in [-0.2, 0) is 22.6 Å². The number of amides is 3. The normalized spacial score (nSPS) is 13.1. The third-order valence-corrected chi connectivity index (χ3v) is 4.05. The SMILES string of the molecule is NC(=O)c1ccccc1NC(=O)C(=O)N1CCc2ccccc2C1. The van der Waals surface area contributed by atoms with Gasteiger partial charge in [-0.1, -0.05) is 36.4 Å². The van der Waals surface area contributed by atoms with Gasteiger partial charge in [0.2, 0.25) is 0 Å². The topological polar surface area (TPSA) is 92.5 Å². The fourth-order valence-electron chi connectivity index (χ4n) is 2.80. The van der Waals surface area contributed by atoms with Crippen molar-refractivity contribution >= 4 is 23.4 Å². The minimum Gasteiger partial charge on any atom is -0.366 e. The molecule has 0 radical (unpaired) electrons. The maximum atomic E-state index is 12.4. The minimum atomic E-state index is -0.775. The third-order valence-electron chi connectivity index (χ3n) is 4.05. The number of carbonyl (C=O) groups is 3. The summed E-state index contributed by atoms with van der Waals surface area (Å²) in [4.78, 5) is 37.5. The molecule has 3 amide bonds. The summed E-state index contributed by atoms with van der Waals surface area (Å²) in [6.45, 7) is 0.890. The number of hydrogen-bond acceptors (Lipinski definition) is 3. The van der Waals surface area contributed by atoms with Gasteiger partial charge >= 0.3 is 11.8 Å². The van der Waals surface area contributed by atoms with E-state index in [0.717, 1.165) is 5.56 Å². The summed E-state index contributed by atoms with van der Waals surface area (Å²) in [6.07, 6.45) is 0.715. The number of nitrogens with zero attached hydrogens (tertiary/aromatic N) is 1. The number of rotatable bonds is 2. The molecule has 0 saturated heterocycles. The van der Waals surface area contributed by atoms with Crippen molar-refractivity contribution in [2.45, 2.75) is 13.0 Å². The average Bonchev–Trinajstić information content (AvgIpc) is 2.61. The van der Waals surface area contributed by atoms with Crippen molar-refractivity contribution in [1.82, 2.24) is 4.90 Å². The fourth-order valence-corrected chi connectivity index (χ4v) is 2.80. The highest BCUT2D eigenvalue weighted by Gasteiger charge is 2.26. The zero-order valence-electron chi connectivity index (χ0n) is 13.0. The second-order valence-electron chi connectivity index (χ2n) is 5.61. The monoisotopic (exact) mass is 323 g/mol. The van der Waals surface area contributed by atoms with Gasteiger partial charge in [0.1, 0.15) is 0 Å². The van der Waals surface area contributed by atoms with Crippen molar-refractivity contribution in [2.24, 2.45) is 5.73 Å². The molecule has 122 valence electrons. The van der Waals surface area contributed by atoms with Crippen molar-refractivity contribution in [2.75, 3.05) is 11.9 Å². The molecule has 0 spiro atoms. The van der Waals surface area contributed by atoms with Crippen molar-refractivity contribution in [3.63, 3.8) is 0 Å². The summed E-state index contributed by atoms with van der Waals surface area (Å²) in [5.41, 5.74) is 7.92. The zero-order chi connectivity index (χ0) is 17.1. The van der Waals surface area contributed by atoms with E-state index in [1.165, 1.54) is 22.6 Å². The van der Waals surface area contributed by atoms with E-state index in [9.17, 15) is 14.4 Å². The maximum Gasteiger partial charge on any atom is 0.313 e. The van der Waals surface area contributed by atoms with Gasteiger partial charge in [0, 0.05) is 13.1 Å². The molecule has 3 rings (SSSR count). The van der Waals surface area contributed by atoms with E-state index < -0.39 is 17.7 Å². The Morgan fingerprint density at radius 3 is 2.38 bits per heavy atom. The number of anilines is 1. The highest BCUT2D eigenvalue weighted by atomic mass is 16.2. The quantitative estimate of drug-likeness (QED) is 0.816. The molecular formula is C18H17N3O3. The Morgan fingerprint density at radius 2 is 1.62 bits per heavy atom. The predicted octanol–water partition coefficient (Wildman–Crippen LogP) is 1.31. The molecule has 0 aliphatic carbocycles. The number of nitrogens with two attached hydrogens (primary N) is 1. The lowest BCUT2D eigenvalue weighted by atomic mass is 10.00. The van der Waals surface area contributed by atoms with Gasteiger partial charge in [-0.3, -0.25) is 14.4 Å². The molecular weight excluding hydrogens is 306 g/mol. The Hall–Kier alpha value is -3.15. The van der Waals surface area contributed by atoms with Crippen LogP contribution >= 0.6 is 0 Å². The summed E-state index contributed by atoms with van der Waals surface area (Å²) in [6, 6.07) is 14.2. The Balaban J connectivity index is 1.73. The highest BCUT2D eigenvalue weighted by Crippen LogP contribution is 2.19. The Labute approximate surface area is 139 Å². The van der Waals surface area contributed by atoms with Gasteiger partial charge in [0.15, 0.2) is 0 Å². The lowest BCUT2D eigenvalue weighted by Crippen LogP contribution is -2.42. The van der Waals surface area contributed by atoms with Crippen LogP contribution < -0.4 is 11.1 Å². The van der Waals surface area contributed by atoms with Gasteiger partial charge in [-0.05, 0) is 29.7 Å². The Morgan fingerprint density at radius 1 is 0.958 bits per heavy atom. The molecule has 0 atom stereocenters. The number of primary amides is 1. The van der Waals surface area contributed by atoms with Gasteiger partial charge in [0.05, 0.1) is 11.3 Å². The number of benzene rings is 2. The van der Waals surface area contributed by atoms with Crippen molar-refractivity contribution in [3.8, 4) is 0 Å². The number of nitrogens with one attached hydrogen (secondary N) is 1. The summed E-state index contributed by atoms with van der Waals surface area (Å²) in [5, 5.41) is 2.48. The van der Waals surface area contributed by atoms with Crippen LogP contribution in [0.2, 0.25) is 0 Å². The van der Waals surface area contributed by atoms with Gasteiger partial charge < -0.3 is 16.0 Å². The maximum absolute atomic E-state index is 12.4. The van der Waals surface area contributed by atoms with E-state index in [0.29, 0.717) is 19.5 Å². The van der Waals surface area contributed by atoms with Crippen LogP contribution in [0.1, 0.15) is 21.5 Å². The van der Waals surface area contributed by atoms with Gasteiger partial charge in [-0.2, -0.15) is 0 Å². The van der Waals surface area contributed by atoms with Crippen LogP contribution in [0, 0.1) is 0 Å². The summed E-state index contributed by atoms with van der Waals surface area (Å²) < 4.78 is 0. The van der Waals surface area contributed by atoms with E-state index >= 15 is 0 Å². The largest absolute Gasteiger partial charge is 0.366 e. The Kier molecular flexibility index (Phi) is 4.29. The molecule has 0 unspecified atom stereocenters. The van der Waals surface area contributed by atoms with E-state index in [1.54, 1.807) is 12.1 Å². The average molecular weight is 323 g/mol. The fraction of sp³-hybridized carbons (Fsp3) is 0.167. The molecule has 1 aliphatic heterocycles. The van der Waals surface area contributed by atoms with Gasteiger partial charge in [0.25, 0.3) is 5.91 Å². The van der Waals surface area contributed by atoms with Crippen LogP contribution in [-0.4, -0.2) is 29.2 Å². The first-order chi connectivity index (χ1) is 11.6. The van der Waals surface area contributed by atoms with Crippen LogP contribution in [0.25, 0.3) is 0 Å². The van der Waals surface area contributed by atoms with Crippen LogP contribution in [0.3, 0.4) is 0 Å². The van der Waals surface area contributed by atoms with E-state index in [4.69, 9.17) is 5.73 Å². The summed E-state index contributed by atoms with van der Waals surface area (Å²) in [5.74, 6) is -2.06. The summed E-state index contributed by atoms with van der Waals surface area (Å²) >= 11 is 0. The molecule has 0 saturated carbocycles. The molecule has 2 aromatic carbocycles. The first kappa shape index (κ1) is 15.7. The lowest BCUT2D eigenvalue weighted by molar-refractivity contribution is -0.143. The predicted molar refractivity (Wildman–Crippen MR) is 89.2 cm³/mol. The van der Waals surface area contributed by atoms with Crippen LogP contribution in [0.4, 0.5) is 5.69 Å². The standard InChI is InChI=1S/C18H17N3O3/c19-16(22)14-7-3-4-8-15(14)20-17(23)18(24)21-10-9-12-5-1-2-6-13(12)11-21/h1-8H,9-11H2,(H2,19,22)(H,20,23). The molecule has 24 heavy (non-hydrogen) atoms. The van der Waals surface area contributed by atoms with Crippen LogP contribution in [0.5, 0.6) is 0 Å². The van der Waals surface area contributed by atoms with Gasteiger partial charge in [-0.25, -0.2) is 0 Å². The lowest BCUT2D eigenvalue weighted by Gasteiger charge is -2.28. The minimum absolute atomic E-state index is 0.169. The Bertz CT molecular complexity index is 817. The molecule has 0 aromatic heterocycles.